The van der Waals surface area contributed by atoms with Crippen LogP contribution >= 0.6 is 31.9 Å². The number of nitrogens with one attached hydrogen (secondary N) is 1. The Kier molecular flexibility index (Phi) is 6.69. The monoisotopic (exact) mass is 468 g/mol. The number of rotatable bonds is 6. The van der Waals surface area contributed by atoms with Gasteiger partial charge < -0.3 is 14.6 Å². The fourth-order valence-corrected chi connectivity index (χ4v) is 5.55. The normalized spacial score (nSPS) is 22.5. The topological polar surface area (TPSA) is 78.9 Å². The predicted molar refractivity (Wildman–Crippen MR) is 96.8 cm³/mol. The van der Waals surface area contributed by atoms with E-state index in [-0.39, 0.29) is 17.0 Å². The van der Waals surface area contributed by atoms with Gasteiger partial charge in [0.2, 0.25) is 10.0 Å². The molecule has 0 saturated carbocycles. The van der Waals surface area contributed by atoms with E-state index in [9.17, 15) is 13.4 Å². The maximum Gasteiger partial charge on any atom is 0.376 e. The molecule has 1 saturated heterocycles. The lowest BCUT2D eigenvalue weighted by Gasteiger charge is -2.24. The third-order valence-corrected chi connectivity index (χ3v) is 6.81. The highest BCUT2D eigenvalue weighted by Gasteiger charge is 2.38. The van der Waals surface area contributed by atoms with Gasteiger partial charge in [-0.2, -0.15) is 0 Å². The first-order valence-electron chi connectivity index (χ1n) is 7.14. The van der Waals surface area contributed by atoms with Crippen molar-refractivity contribution in [1.29, 1.82) is 0 Å². The highest BCUT2D eigenvalue weighted by atomic mass is 79.9. The van der Waals surface area contributed by atoms with Gasteiger partial charge in [0.15, 0.2) is 0 Å². The van der Waals surface area contributed by atoms with Crippen LogP contribution in [0, 0.1) is 0 Å². The SMILES string of the molecule is COC[C@H]1C[C@@H](NS(=O)(=O)c2cc(Br)ccc2Br)CN1B(C)O. The smallest absolute Gasteiger partial charge is 0.376 e. The van der Waals surface area contributed by atoms with Gasteiger partial charge in [-0.3, -0.25) is 0 Å². The summed E-state index contributed by atoms with van der Waals surface area (Å²) in [5, 5.41) is 9.84. The summed E-state index contributed by atoms with van der Waals surface area (Å²) in [7, 11) is -2.72. The Labute approximate surface area is 154 Å². The van der Waals surface area contributed by atoms with Crippen LogP contribution in [0.15, 0.2) is 32.0 Å². The molecule has 128 valence electrons. The van der Waals surface area contributed by atoms with Gasteiger partial charge in [0, 0.05) is 34.7 Å². The van der Waals surface area contributed by atoms with Gasteiger partial charge in [0.1, 0.15) is 0 Å². The van der Waals surface area contributed by atoms with Gasteiger partial charge in [-0.1, -0.05) is 15.9 Å². The van der Waals surface area contributed by atoms with E-state index in [1.54, 1.807) is 32.1 Å². The molecule has 0 radical (unpaired) electrons. The van der Waals surface area contributed by atoms with Gasteiger partial charge in [0.25, 0.3) is 0 Å². The molecule has 1 heterocycles. The number of hydrogen-bond donors (Lipinski definition) is 2. The van der Waals surface area contributed by atoms with Crippen LogP contribution < -0.4 is 4.72 Å². The third kappa shape index (κ3) is 4.78. The molecule has 0 spiro atoms. The second-order valence-electron chi connectivity index (χ2n) is 5.57. The molecular weight excluding hydrogens is 451 g/mol. The summed E-state index contributed by atoms with van der Waals surface area (Å²) in [4.78, 5) is 2.03. The third-order valence-electron chi connectivity index (χ3n) is 3.80. The minimum atomic E-state index is -3.66. The van der Waals surface area contributed by atoms with Crippen LogP contribution in [0.4, 0.5) is 0 Å². The quantitative estimate of drug-likeness (QED) is 0.620. The lowest BCUT2D eigenvalue weighted by Crippen LogP contribution is -2.44. The summed E-state index contributed by atoms with van der Waals surface area (Å²) in [6.45, 7) is 2.56. The summed E-state index contributed by atoms with van der Waals surface area (Å²) in [6.07, 6.45) is 0.587. The Balaban J connectivity index is 2.16. The van der Waals surface area contributed by atoms with E-state index in [0.29, 0.717) is 28.5 Å². The number of benzene rings is 1. The zero-order chi connectivity index (χ0) is 17.2. The molecule has 1 aliphatic heterocycles. The van der Waals surface area contributed by atoms with E-state index >= 15 is 0 Å². The number of hydrogen-bond acceptors (Lipinski definition) is 5. The molecule has 1 fully saturated rings. The molecule has 0 unspecified atom stereocenters. The summed E-state index contributed by atoms with van der Waals surface area (Å²) >= 11 is 6.57. The van der Waals surface area contributed by atoms with Crippen molar-refractivity contribution in [2.24, 2.45) is 0 Å². The summed E-state index contributed by atoms with van der Waals surface area (Å²) < 4.78 is 34.3. The minimum absolute atomic E-state index is 0.0151. The molecule has 0 aromatic heterocycles. The van der Waals surface area contributed by atoms with Crippen molar-refractivity contribution in [3.05, 3.63) is 27.1 Å². The zero-order valence-electron chi connectivity index (χ0n) is 12.9. The van der Waals surface area contributed by atoms with Crippen molar-refractivity contribution < 1.29 is 18.2 Å². The fourth-order valence-electron chi connectivity index (χ4n) is 2.81. The van der Waals surface area contributed by atoms with E-state index < -0.39 is 17.1 Å². The number of halogens is 2. The molecular formula is C13H19BBr2N2O4S. The van der Waals surface area contributed by atoms with Crippen LogP contribution in [-0.2, 0) is 14.8 Å². The van der Waals surface area contributed by atoms with Crippen molar-refractivity contribution in [1.82, 2.24) is 9.53 Å². The summed E-state index contributed by atoms with van der Waals surface area (Å²) in [6, 6.07) is 4.71. The van der Waals surface area contributed by atoms with Crippen molar-refractivity contribution in [3.63, 3.8) is 0 Å². The van der Waals surface area contributed by atoms with Gasteiger partial charge in [0.05, 0.1) is 11.5 Å². The first kappa shape index (κ1) is 19.4. The van der Waals surface area contributed by atoms with E-state index in [1.165, 1.54) is 0 Å². The maximum atomic E-state index is 12.6. The summed E-state index contributed by atoms with van der Waals surface area (Å²) in [5.41, 5.74) is 0. The van der Waals surface area contributed by atoms with Crippen molar-refractivity contribution in [2.45, 2.75) is 30.2 Å². The second kappa shape index (κ2) is 7.94. The molecule has 23 heavy (non-hydrogen) atoms. The van der Waals surface area contributed by atoms with E-state index in [4.69, 9.17) is 4.74 Å². The maximum absolute atomic E-state index is 12.6. The van der Waals surface area contributed by atoms with Crippen LogP contribution in [0.5, 0.6) is 0 Å². The Bertz CT molecular complexity index is 659. The van der Waals surface area contributed by atoms with Gasteiger partial charge >= 0.3 is 7.05 Å². The number of sulfonamides is 1. The van der Waals surface area contributed by atoms with Gasteiger partial charge in [-0.05, 0) is 47.4 Å². The lowest BCUT2D eigenvalue weighted by atomic mass is 9.84. The molecule has 0 aliphatic carbocycles. The van der Waals surface area contributed by atoms with Crippen LogP contribution in [0.3, 0.4) is 0 Å². The molecule has 1 aromatic carbocycles. The number of ether oxygens (including phenoxy) is 1. The standard InChI is InChI=1S/C13H19BBr2N2O4S/c1-14(19)18-7-10(6-11(18)8-22-2)17-23(20,21)13-5-9(15)3-4-12(13)16/h3-5,10-11,17,19H,6-8H2,1-2H3/t10-,11-/m1/s1. The molecule has 0 amide bonds. The average Bonchev–Trinajstić information content (AvgIpc) is 2.84. The van der Waals surface area contributed by atoms with Crippen LogP contribution in [0.1, 0.15) is 6.42 Å². The molecule has 2 N–H and O–H groups in total. The highest BCUT2D eigenvalue weighted by Crippen LogP contribution is 2.27. The Hall–Kier alpha value is 0.0349. The first-order valence-corrected chi connectivity index (χ1v) is 10.2. The molecule has 1 aromatic rings. The van der Waals surface area contributed by atoms with Crippen LogP contribution in [0.2, 0.25) is 6.82 Å². The Morgan fingerprint density at radius 3 is 2.78 bits per heavy atom. The number of nitrogens with zero attached hydrogens (tertiary/aromatic N) is 1. The Morgan fingerprint density at radius 1 is 1.48 bits per heavy atom. The second-order valence-corrected chi connectivity index (χ2v) is 9.02. The molecule has 1 aliphatic rings. The molecule has 10 heteroatoms. The predicted octanol–water partition coefficient (Wildman–Crippen LogP) is 1.69. The zero-order valence-corrected chi connectivity index (χ0v) is 16.9. The minimum Gasteiger partial charge on any atom is -0.437 e. The van der Waals surface area contributed by atoms with Crippen molar-refractivity contribution in [3.8, 4) is 0 Å². The Morgan fingerprint density at radius 2 is 2.17 bits per heavy atom. The fraction of sp³-hybridized carbons (Fsp3) is 0.538. The highest BCUT2D eigenvalue weighted by molar-refractivity contribution is 9.11. The van der Waals surface area contributed by atoms with E-state index in [0.717, 1.165) is 0 Å². The number of methoxy groups -OCH3 is 1. The van der Waals surface area contributed by atoms with Crippen molar-refractivity contribution >= 4 is 48.9 Å². The van der Waals surface area contributed by atoms with Gasteiger partial charge in [-0.25, -0.2) is 13.1 Å². The molecule has 6 nitrogen and oxygen atoms in total. The largest absolute Gasteiger partial charge is 0.437 e. The van der Waals surface area contributed by atoms with Gasteiger partial charge in [-0.15, -0.1) is 0 Å². The molecule has 2 atom stereocenters. The molecule has 2 rings (SSSR count). The van der Waals surface area contributed by atoms with Crippen LogP contribution in [0.25, 0.3) is 0 Å². The first-order chi connectivity index (χ1) is 10.7. The molecule has 0 bridgehead atoms. The van der Waals surface area contributed by atoms with Crippen molar-refractivity contribution in [2.75, 3.05) is 20.3 Å². The lowest BCUT2D eigenvalue weighted by molar-refractivity contribution is 0.142. The average molecular weight is 470 g/mol. The summed E-state index contributed by atoms with van der Waals surface area (Å²) in [5.74, 6) is 0. The van der Waals surface area contributed by atoms with E-state index in [2.05, 4.69) is 36.6 Å². The van der Waals surface area contributed by atoms with Crippen LogP contribution in [-0.4, -0.2) is 57.6 Å². The van der Waals surface area contributed by atoms with E-state index in [1.807, 2.05) is 4.81 Å².